The predicted octanol–water partition coefficient (Wildman–Crippen LogP) is 3.09. The number of fused-ring (bicyclic) bond motifs is 1. The first-order valence-corrected chi connectivity index (χ1v) is 7.71. The van der Waals surface area contributed by atoms with E-state index < -0.39 is 0 Å². The predicted molar refractivity (Wildman–Crippen MR) is 81.8 cm³/mol. The summed E-state index contributed by atoms with van der Waals surface area (Å²) in [6.07, 6.45) is 1.23. The minimum atomic E-state index is -0.00819. The molecule has 0 saturated carbocycles. The lowest BCUT2D eigenvalue weighted by Crippen LogP contribution is -2.50. The fraction of sp³-hybridized carbons (Fsp3) is 0.588. The Bertz CT molecular complexity index is 513. The van der Waals surface area contributed by atoms with Gasteiger partial charge in [0.2, 0.25) is 5.91 Å². The number of benzene rings is 1. The van der Waals surface area contributed by atoms with Gasteiger partial charge in [-0.2, -0.15) is 0 Å². The minimum Gasteiger partial charge on any atom is -0.384 e. The van der Waals surface area contributed by atoms with Gasteiger partial charge in [0.25, 0.3) is 0 Å². The molecule has 1 fully saturated rings. The summed E-state index contributed by atoms with van der Waals surface area (Å²) < 4.78 is 0. The molecule has 2 aliphatic heterocycles. The molecule has 3 heteroatoms. The summed E-state index contributed by atoms with van der Waals surface area (Å²) in [6, 6.07) is 8.54. The van der Waals surface area contributed by atoms with Gasteiger partial charge in [0.1, 0.15) is 0 Å². The molecular weight excluding hydrogens is 248 g/mol. The van der Waals surface area contributed by atoms with E-state index in [-0.39, 0.29) is 5.92 Å². The number of nitrogens with one attached hydrogen (secondary N) is 1. The molecule has 1 amide bonds. The highest BCUT2D eigenvalue weighted by Crippen LogP contribution is 2.35. The first-order valence-electron chi connectivity index (χ1n) is 7.71. The van der Waals surface area contributed by atoms with E-state index in [1.807, 2.05) is 12.1 Å². The Hall–Kier alpha value is -1.51. The molecule has 2 heterocycles. The van der Waals surface area contributed by atoms with Crippen molar-refractivity contribution in [3.63, 3.8) is 0 Å². The first-order chi connectivity index (χ1) is 9.58. The smallest absolute Gasteiger partial charge is 0.232 e. The highest BCUT2D eigenvalue weighted by molar-refractivity contribution is 5.88. The SMILES string of the molecule is CC1CC(C)C(C)N(C(=O)C2CNc3ccccc32)C1. The van der Waals surface area contributed by atoms with Crippen LogP contribution in [0.2, 0.25) is 0 Å². The van der Waals surface area contributed by atoms with Crippen LogP contribution in [-0.4, -0.2) is 29.9 Å². The van der Waals surface area contributed by atoms with Gasteiger partial charge in [-0.25, -0.2) is 0 Å². The fourth-order valence-corrected chi connectivity index (χ4v) is 3.71. The van der Waals surface area contributed by atoms with E-state index >= 15 is 0 Å². The second kappa shape index (κ2) is 5.12. The van der Waals surface area contributed by atoms with Crippen molar-refractivity contribution in [3.8, 4) is 0 Å². The highest BCUT2D eigenvalue weighted by atomic mass is 16.2. The molecule has 3 rings (SSSR count). The van der Waals surface area contributed by atoms with E-state index in [0.29, 0.717) is 23.8 Å². The van der Waals surface area contributed by atoms with E-state index in [9.17, 15) is 4.79 Å². The van der Waals surface area contributed by atoms with Gasteiger partial charge in [-0.3, -0.25) is 4.79 Å². The number of hydrogen-bond donors (Lipinski definition) is 1. The molecule has 0 bridgehead atoms. The van der Waals surface area contributed by atoms with Gasteiger partial charge in [-0.05, 0) is 36.8 Å². The molecule has 0 aliphatic carbocycles. The lowest BCUT2D eigenvalue weighted by molar-refractivity contribution is -0.138. The van der Waals surface area contributed by atoms with Crippen molar-refractivity contribution >= 4 is 11.6 Å². The molecule has 1 aromatic carbocycles. The van der Waals surface area contributed by atoms with E-state index in [1.165, 1.54) is 6.42 Å². The zero-order valence-electron chi connectivity index (χ0n) is 12.6. The summed E-state index contributed by atoms with van der Waals surface area (Å²) >= 11 is 0. The van der Waals surface area contributed by atoms with Crippen LogP contribution in [0, 0.1) is 11.8 Å². The Morgan fingerprint density at radius 1 is 1.25 bits per heavy atom. The molecule has 3 nitrogen and oxygen atoms in total. The molecule has 1 saturated heterocycles. The van der Waals surface area contributed by atoms with Gasteiger partial charge in [0, 0.05) is 24.8 Å². The van der Waals surface area contributed by atoms with Gasteiger partial charge in [-0.15, -0.1) is 0 Å². The Labute approximate surface area is 121 Å². The van der Waals surface area contributed by atoms with Crippen molar-refractivity contribution in [2.75, 3.05) is 18.4 Å². The molecule has 4 unspecified atom stereocenters. The second-order valence-electron chi connectivity index (χ2n) is 6.57. The van der Waals surface area contributed by atoms with Crippen LogP contribution < -0.4 is 5.32 Å². The average molecular weight is 272 g/mol. The number of hydrogen-bond acceptors (Lipinski definition) is 2. The van der Waals surface area contributed by atoms with E-state index in [2.05, 4.69) is 43.1 Å². The van der Waals surface area contributed by atoms with Crippen LogP contribution in [-0.2, 0) is 4.79 Å². The molecule has 2 aliphatic rings. The summed E-state index contributed by atoms with van der Waals surface area (Å²) in [5.74, 6) is 1.49. The lowest BCUT2D eigenvalue weighted by atomic mass is 9.85. The first kappa shape index (κ1) is 13.5. The number of nitrogens with zero attached hydrogens (tertiary/aromatic N) is 1. The van der Waals surface area contributed by atoms with Crippen molar-refractivity contribution in [1.29, 1.82) is 0 Å². The Morgan fingerprint density at radius 3 is 2.80 bits per heavy atom. The summed E-state index contributed by atoms with van der Waals surface area (Å²) in [4.78, 5) is 15.1. The van der Waals surface area contributed by atoms with Gasteiger partial charge in [0.05, 0.1) is 5.92 Å². The maximum Gasteiger partial charge on any atom is 0.232 e. The number of para-hydroxylation sites is 1. The van der Waals surface area contributed by atoms with Gasteiger partial charge < -0.3 is 10.2 Å². The maximum absolute atomic E-state index is 13.0. The number of likely N-dealkylation sites (tertiary alicyclic amines) is 1. The molecule has 108 valence electrons. The Balaban J connectivity index is 1.83. The summed E-state index contributed by atoms with van der Waals surface area (Å²) in [5.41, 5.74) is 2.28. The quantitative estimate of drug-likeness (QED) is 0.852. The molecule has 0 spiro atoms. The van der Waals surface area contributed by atoms with Crippen LogP contribution in [0.5, 0.6) is 0 Å². The van der Waals surface area contributed by atoms with Crippen LogP contribution in [0.25, 0.3) is 0 Å². The maximum atomic E-state index is 13.0. The number of anilines is 1. The zero-order chi connectivity index (χ0) is 14.3. The Kier molecular flexibility index (Phi) is 3.45. The number of rotatable bonds is 1. The van der Waals surface area contributed by atoms with E-state index in [1.54, 1.807) is 0 Å². The molecule has 4 atom stereocenters. The van der Waals surface area contributed by atoms with E-state index in [4.69, 9.17) is 0 Å². The summed E-state index contributed by atoms with van der Waals surface area (Å²) in [6.45, 7) is 8.36. The van der Waals surface area contributed by atoms with Crippen molar-refractivity contribution < 1.29 is 4.79 Å². The third kappa shape index (κ3) is 2.19. The second-order valence-corrected chi connectivity index (χ2v) is 6.57. The van der Waals surface area contributed by atoms with Gasteiger partial charge >= 0.3 is 0 Å². The number of carbonyl (C=O) groups excluding carboxylic acids is 1. The Morgan fingerprint density at radius 2 is 2.00 bits per heavy atom. The highest BCUT2D eigenvalue weighted by Gasteiger charge is 2.37. The topological polar surface area (TPSA) is 32.3 Å². The van der Waals surface area contributed by atoms with E-state index in [0.717, 1.165) is 24.3 Å². The fourth-order valence-electron chi connectivity index (χ4n) is 3.71. The van der Waals surface area contributed by atoms with Crippen LogP contribution in [0.1, 0.15) is 38.7 Å². The third-order valence-electron chi connectivity index (χ3n) is 5.01. The average Bonchev–Trinajstić information content (AvgIpc) is 2.86. The zero-order valence-corrected chi connectivity index (χ0v) is 12.6. The number of amides is 1. The molecule has 1 aromatic rings. The van der Waals surface area contributed by atoms with Crippen molar-refractivity contribution in [2.45, 2.75) is 39.2 Å². The lowest BCUT2D eigenvalue weighted by Gasteiger charge is -2.42. The monoisotopic (exact) mass is 272 g/mol. The van der Waals surface area contributed by atoms with Crippen LogP contribution in [0.15, 0.2) is 24.3 Å². The standard InChI is InChI=1S/C17H24N2O/c1-11-8-12(2)13(3)19(10-11)17(20)15-9-18-16-7-5-4-6-14(15)16/h4-7,11-13,15,18H,8-10H2,1-3H3. The van der Waals surface area contributed by atoms with Crippen molar-refractivity contribution in [1.82, 2.24) is 4.90 Å². The summed E-state index contributed by atoms with van der Waals surface area (Å²) in [7, 11) is 0. The van der Waals surface area contributed by atoms with Crippen LogP contribution in [0.4, 0.5) is 5.69 Å². The largest absolute Gasteiger partial charge is 0.384 e. The van der Waals surface area contributed by atoms with Gasteiger partial charge in [-0.1, -0.05) is 32.0 Å². The van der Waals surface area contributed by atoms with Crippen molar-refractivity contribution in [3.05, 3.63) is 29.8 Å². The van der Waals surface area contributed by atoms with Gasteiger partial charge in [0.15, 0.2) is 0 Å². The van der Waals surface area contributed by atoms with Crippen LogP contribution in [0.3, 0.4) is 0 Å². The molecule has 0 aromatic heterocycles. The molecule has 20 heavy (non-hydrogen) atoms. The van der Waals surface area contributed by atoms with Crippen LogP contribution >= 0.6 is 0 Å². The molecular formula is C17H24N2O. The molecule has 1 N–H and O–H groups in total. The summed E-state index contributed by atoms with van der Waals surface area (Å²) in [5, 5.41) is 3.36. The number of piperidine rings is 1. The minimum absolute atomic E-state index is 0.00819. The van der Waals surface area contributed by atoms with Crippen molar-refractivity contribution in [2.24, 2.45) is 11.8 Å². The third-order valence-corrected chi connectivity index (χ3v) is 5.01. The molecule has 0 radical (unpaired) electrons. The number of carbonyl (C=O) groups is 1. The normalized spacial score (nSPS) is 32.6.